The van der Waals surface area contributed by atoms with Gasteiger partial charge in [-0.3, -0.25) is 0 Å². The predicted octanol–water partition coefficient (Wildman–Crippen LogP) is 5.69. The van der Waals surface area contributed by atoms with Crippen LogP contribution in [0.5, 0.6) is 5.75 Å². The van der Waals surface area contributed by atoms with E-state index in [9.17, 15) is 4.39 Å². The van der Waals surface area contributed by atoms with E-state index in [4.69, 9.17) is 16.3 Å². The number of rotatable bonds is 2. The molecule has 0 N–H and O–H groups in total. The topological polar surface area (TPSA) is 9.23 Å². The summed E-state index contributed by atoms with van der Waals surface area (Å²) in [4.78, 5) is 0. The first-order valence-electron chi connectivity index (χ1n) is 7.37. The molecule has 0 saturated heterocycles. The molecule has 0 heterocycles. The van der Waals surface area contributed by atoms with Gasteiger partial charge in [0, 0.05) is 23.3 Å². The third-order valence-electron chi connectivity index (χ3n) is 4.88. The third-order valence-corrected chi connectivity index (χ3v) is 6.15. The fourth-order valence-corrected chi connectivity index (χ4v) is 4.47. The molecule has 2 fully saturated rings. The van der Waals surface area contributed by atoms with Gasteiger partial charge in [-0.15, -0.1) is 11.6 Å². The Bertz CT molecular complexity index is 485. The lowest BCUT2D eigenvalue weighted by Gasteiger charge is -2.53. The molecule has 2 atom stereocenters. The van der Waals surface area contributed by atoms with Crippen LogP contribution in [0.2, 0.25) is 0 Å². The van der Waals surface area contributed by atoms with Crippen LogP contribution in [-0.2, 0) is 0 Å². The first-order chi connectivity index (χ1) is 9.62. The van der Waals surface area contributed by atoms with Crippen molar-refractivity contribution in [1.82, 2.24) is 0 Å². The standard InChI is InChI=1S/C16H19BrClFO/c17-12-6-5-11(19)9-13(12)20-15-10-14(18)16(15)7-3-1-2-4-8-16/h5-6,9,14-15H,1-4,7-8,10H2. The highest BCUT2D eigenvalue weighted by Crippen LogP contribution is 2.55. The molecular weight excluding hydrogens is 343 g/mol. The maximum absolute atomic E-state index is 13.4. The Morgan fingerprint density at radius 1 is 1.20 bits per heavy atom. The second kappa shape index (κ2) is 5.84. The molecule has 0 bridgehead atoms. The Balaban J connectivity index is 1.78. The summed E-state index contributed by atoms with van der Waals surface area (Å²) in [5.74, 6) is 0.335. The summed E-state index contributed by atoms with van der Waals surface area (Å²) in [5, 5.41) is 0.206. The molecule has 20 heavy (non-hydrogen) atoms. The lowest BCUT2D eigenvalue weighted by molar-refractivity contribution is -0.0517. The minimum atomic E-state index is -0.264. The van der Waals surface area contributed by atoms with E-state index in [0.717, 1.165) is 23.7 Å². The number of ether oxygens (including phenoxy) is 1. The normalized spacial score (nSPS) is 28.8. The molecule has 0 radical (unpaired) electrons. The van der Waals surface area contributed by atoms with Crippen LogP contribution < -0.4 is 4.74 Å². The van der Waals surface area contributed by atoms with Gasteiger partial charge in [-0.25, -0.2) is 4.39 Å². The molecule has 0 aromatic heterocycles. The number of hydrogen-bond acceptors (Lipinski definition) is 1. The molecule has 1 spiro atoms. The minimum absolute atomic E-state index is 0.101. The second-order valence-electron chi connectivity index (χ2n) is 6.03. The van der Waals surface area contributed by atoms with Crippen LogP contribution in [0.25, 0.3) is 0 Å². The lowest BCUT2D eigenvalue weighted by atomic mass is 9.61. The Hall–Kier alpha value is -0.280. The van der Waals surface area contributed by atoms with E-state index in [-0.39, 0.29) is 22.7 Å². The smallest absolute Gasteiger partial charge is 0.136 e. The summed E-state index contributed by atoms with van der Waals surface area (Å²) in [5.41, 5.74) is 0.101. The van der Waals surface area contributed by atoms with Gasteiger partial charge < -0.3 is 4.74 Å². The van der Waals surface area contributed by atoms with Crippen molar-refractivity contribution in [3.05, 3.63) is 28.5 Å². The molecule has 2 aliphatic carbocycles. The molecule has 2 saturated carbocycles. The first kappa shape index (κ1) is 14.6. The van der Waals surface area contributed by atoms with Gasteiger partial charge >= 0.3 is 0 Å². The summed E-state index contributed by atoms with van der Waals surface area (Å²) in [6.07, 6.45) is 8.31. The highest BCUT2D eigenvalue weighted by molar-refractivity contribution is 9.10. The molecule has 1 nitrogen and oxygen atoms in total. The highest BCUT2D eigenvalue weighted by atomic mass is 79.9. The number of halogens is 3. The summed E-state index contributed by atoms with van der Waals surface area (Å²) < 4.78 is 20.3. The van der Waals surface area contributed by atoms with Crippen LogP contribution >= 0.6 is 27.5 Å². The van der Waals surface area contributed by atoms with Crippen LogP contribution in [0.1, 0.15) is 44.9 Å². The van der Waals surface area contributed by atoms with Crippen molar-refractivity contribution in [1.29, 1.82) is 0 Å². The van der Waals surface area contributed by atoms with E-state index in [1.807, 2.05) is 0 Å². The van der Waals surface area contributed by atoms with Crippen molar-refractivity contribution in [2.75, 3.05) is 0 Å². The Kier molecular flexibility index (Phi) is 4.28. The summed E-state index contributed by atoms with van der Waals surface area (Å²) in [7, 11) is 0. The van der Waals surface area contributed by atoms with Crippen molar-refractivity contribution in [2.24, 2.45) is 5.41 Å². The van der Waals surface area contributed by atoms with Gasteiger partial charge in [-0.2, -0.15) is 0 Å². The quantitative estimate of drug-likeness (QED) is 0.615. The molecule has 1 aromatic rings. The number of benzene rings is 1. The summed E-state index contributed by atoms with van der Waals surface area (Å²) >= 11 is 9.95. The average Bonchev–Trinajstić information content (AvgIpc) is 2.70. The maximum Gasteiger partial charge on any atom is 0.136 e. The van der Waals surface area contributed by atoms with Gasteiger partial charge in [0.1, 0.15) is 17.7 Å². The van der Waals surface area contributed by atoms with Crippen LogP contribution in [0, 0.1) is 11.2 Å². The van der Waals surface area contributed by atoms with Gasteiger partial charge in [-0.05, 0) is 40.9 Å². The Labute approximate surface area is 133 Å². The second-order valence-corrected chi connectivity index (χ2v) is 7.41. The molecule has 0 aliphatic heterocycles. The van der Waals surface area contributed by atoms with Crippen LogP contribution in [0.15, 0.2) is 22.7 Å². The first-order valence-corrected chi connectivity index (χ1v) is 8.60. The summed E-state index contributed by atoms with van der Waals surface area (Å²) in [6, 6.07) is 4.58. The fraction of sp³-hybridized carbons (Fsp3) is 0.625. The van der Waals surface area contributed by atoms with E-state index in [0.29, 0.717) is 5.75 Å². The van der Waals surface area contributed by atoms with Gasteiger partial charge in [-0.1, -0.05) is 25.7 Å². The van der Waals surface area contributed by atoms with E-state index >= 15 is 0 Å². The molecule has 4 heteroatoms. The molecule has 3 rings (SSSR count). The van der Waals surface area contributed by atoms with E-state index in [2.05, 4.69) is 15.9 Å². The van der Waals surface area contributed by atoms with Crippen LogP contribution in [0.3, 0.4) is 0 Å². The molecule has 110 valence electrons. The van der Waals surface area contributed by atoms with Gasteiger partial charge in [0.05, 0.1) is 4.47 Å². The predicted molar refractivity (Wildman–Crippen MR) is 82.9 cm³/mol. The van der Waals surface area contributed by atoms with E-state index in [1.165, 1.54) is 37.8 Å². The zero-order valence-electron chi connectivity index (χ0n) is 11.4. The van der Waals surface area contributed by atoms with Gasteiger partial charge in [0.2, 0.25) is 0 Å². The SMILES string of the molecule is Fc1ccc(Br)c(OC2CC(Cl)C23CCCCCC3)c1. The lowest BCUT2D eigenvalue weighted by Crippen LogP contribution is -2.57. The largest absolute Gasteiger partial charge is 0.488 e. The third kappa shape index (κ3) is 2.59. The fourth-order valence-electron chi connectivity index (χ4n) is 3.61. The van der Waals surface area contributed by atoms with Crippen LogP contribution in [-0.4, -0.2) is 11.5 Å². The molecule has 1 aromatic carbocycles. The van der Waals surface area contributed by atoms with Crippen molar-refractivity contribution in [2.45, 2.75) is 56.4 Å². The maximum atomic E-state index is 13.4. The highest BCUT2D eigenvalue weighted by Gasteiger charge is 2.55. The zero-order valence-corrected chi connectivity index (χ0v) is 13.7. The summed E-state index contributed by atoms with van der Waals surface area (Å²) in [6.45, 7) is 0. The van der Waals surface area contributed by atoms with Crippen molar-refractivity contribution in [3.8, 4) is 5.75 Å². The molecule has 2 unspecified atom stereocenters. The van der Waals surface area contributed by atoms with Crippen molar-refractivity contribution < 1.29 is 9.13 Å². The van der Waals surface area contributed by atoms with E-state index in [1.54, 1.807) is 6.07 Å². The van der Waals surface area contributed by atoms with Gasteiger partial charge in [0.25, 0.3) is 0 Å². The molecule has 2 aliphatic rings. The Morgan fingerprint density at radius 3 is 2.55 bits per heavy atom. The molecule has 0 amide bonds. The average molecular weight is 362 g/mol. The van der Waals surface area contributed by atoms with E-state index < -0.39 is 0 Å². The molecular formula is C16H19BrClFO. The number of hydrogen-bond donors (Lipinski definition) is 0. The number of alkyl halides is 1. The zero-order chi connectivity index (χ0) is 14.2. The van der Waals surface area contributed by atoms with Crippen molar-refractivity contribution in [3.63, 3.8) is 0 Å². The minimum Gasteiger partial charge on any atom is -0.488 e. The Morgan fingerprint density at radius 2 is 1.90 bits per heavy atom. The monoisotopic (exact) mass is 360 g/mol. The van der Waals surface area contributed by atoms with Crippen molar-refractivity contribution >= 4 is 27.5 Å². The van der Waals surface area contributed by atoms with Crippen LogP contribution in [0.4, 0.5) is 4.39 Å². The van der Waals surface area contributed by atoms with Gasteiger partial charge in [0.15, 0.2) is 0 Å².